The van der Waals surface area contributed by atoms with Crippen molar-refractivity contribution in [3.05, 3.63) is 83.9 Å². The van der Waals surface area contributed by atoms with Crippen LogP contribution < -0.4 is 4.90 Å². The number of benzene rings is 2. The number of carbonyl (C=O) groups is 1. The summed E-state index contributed by atoms with van der Waals surface area (Å²) in [6.07, 6.45) is 4.93. The third-order valence-corrected chi connectivity index (χ3v) is 6.85. The minimum atomic E-state index is -0.191. The first kappa shape index (κ1) is 21.7. The van der Waals surface area contributed by atoms with Crippen LogP contribution in [0.1, 0.15) is 28.9 Å². The number of carbonyl (C=O) groups excluding carboxylic acids is 1. The highest BCUT2D eigenvalue weighted by Gasteiger charge is 2.25. The van der Waals surface area contributed by atoms with E-state index >= 15 is 0 Å². The van der Waals surface area contributed by atoms with Crippen molar-refractivity contribution in [3.63, 3.8) is 0 Å². The molecule has 3 heterocycles. The van der Waals surface area contributed by atoms with Crippen LogP contribution in [0.2, 0.25) is 0 Å². The van der Waals surface area contributed by atoms with E-state index in [0.29, 0.717) is 0 Å². The van der Waals surface area contributed by atoms with E-state index in [9.17, 15) is 9.18 Å². The molecule has 5 rings (SSSR count). The van der Waals surface area contributed by atoms with Crippen LogP contribution >= 0.6 is 0 Å². The Bertz CT molecular complexity index is 1070. The van der Waals surface area contributed by atoms with Gasteiger partial charge in [0.25, 0.3) is 5.91 Å². The molecule has 5 nitrogen and oxygen atoms in total. The monoisotopic (exact) mass is 446 g/mol. The van der Waals surface area contributed by atoms with Gasteiger partial charge in [-0.3, -0.25) is 9.69 Å². The lowest BCUT2D eigenvalue weighted by Gasteiger charge is -2.36. The van der Waals surface area contributed by atoms with Crippen molar-refractivity contribution in [2.45, 2.75) is 19.3 Å². The van der Waals surface area contributed by atoms with Gasteiger partial charge in [0, 0.05) is 62.5 Å². The molecule has 33 heavy (non-hydrogen) atoms. The van der Waals surface area contributed by atoms with Crippen molar-refractivity contribution < 1.29 is 9.18 Å². The predicted octanol–water partition coefficient (Wildman–Crippen LogP) is 4.22. The minimum Gasteiger partial charge on any atom is -0.369 e. The van der Waals surface area contributed by atoms with Gasteiger partial charge in [0.05, 0.1) is 5.56 Å². The number of hydrogen-bond acceptors (Lipinski definition) is 3. The van der Waals surface area contributed by atoms with Gasteiger partial charge in [0.2, 0.25) is 0 Å². The summed E-state index contributed by atoms with van der Waals surface area (Å²) < 4.78 is 15.3. The molecule has 1 aromatic heterocycles. The number of piperazine rings is 1. The Hall–Kier alpha value is -3.12. The van der Waals surface area contributed by atoms with E-state index in [1.165, 1.54) is 12.1 Å². The Balaban J connectivity index is 1.13. The average Bonchev–Trinajstić information content (AvgIpc) is 3.21. The Morgan fingerprint density at radius 1 is 0.788 bits per heavy atom. The minimum absolute atomic E-state index is 0.165. The molecule has 0 spiro atoms. The average molecular weight is 447 g/mol. The maximum Gasteiger partial charge on any atom is 0.255 e. The molecule has 0 unspecified atom stereocenters. The zero-order valence-corrected chi connectivity index (χ0v) is 19.0. The number of halogens is 1. The number of fused-ring (bicyclic) bond motifs is 1. The summed E-state index contributed by atoms with van der Waals surface area (Å²) in [6, 6.07) is 19.0. The van der Waals surface area contributed by atoms with Gasteiger partial charge in [-0.25, -0.2) is 4.39 Å². The fourth-order valence-electron chi connectivity index (χ4n) is 5.03. The quantitative estimate of drug-likeness (QED) is 0.568. The second kappa shape index (κ2) is 9.79. The number of para-hydroxylation sites is 1. The smallest absolute Gasteiger partial charge is 0.255 e. The molecule has 1 amide bonds. The second-order valence-corrected chi connectivity index (χ2v) is 8.94. The summed E-state index contributed by atoms with van der Waals surface area (Å²) in [5, 5.41) is 0. The Labute approximate surface area is 195 Å². The molecule has 0 N–H and O–H groups in total. The molecular weight excluding hydrogens is 415 g/mol. The SMILES string of the molecule is O=C1c2ccn(-c3ccccc3)c2CCCN1CCCN1CCN(c2ccc(F)cc2)CC1. The predicted molar refractivity (Wildman–Crippen MR) is 130 cm³/mol. The molecule has 172 valence electrons. The zero-order valence-electron chi connectivity index (χ0n) is 19.0. The fraction of sp³-hybridized carbons (Fsp3) is 0.370. The van der Waals surface area contributed by atoms with Gasteiger partial charge in [-0.1, -0.05) is 18.2 Å². The third kappa shape index (κ3) is 4.81. The van der Waals surface area contributed by atoms with E-state index in [0.717, 1.165) is 87.7 Å². The summed E-state index contributed by atoms with van der Waals surface area (Å²) in [5.74, 6) is -0.0255. The second-order valence-electron chi connectivity index (χ2n) is 8.94. The van der Waals surface area contributed by atoms with E-state index in [-0.39, 0.29) is 11.7 Å². The van der Waals surface area contributed by atoms with E-state index < -0.39 is 0 Å². The molecule has 0 saturated carbocycles. The first-order valence-electron chi connectivity index (χ1n) is 12.0. The highest BCUT2D eigenvalue weighted by molar-refractivity contribution is 5.96. The number of hydrogen-bond donors (Lipinski definition) is 0. The molecule has 0 aliphatic carbocycles. The van der Waals surface area contributed by atoms with Gasteiger partial charge >= 0.3 is 0 Å². The molecular formula is C27H31FN4O. The molecule has 2 aromatic carbocycles. The van der Waals surface area contributed by atoms with Crippen molar-refractivity contribution in [2.75, 3.05) is 50.7 Å². The lowest BCUT2D eigenvalue weighted by Crippen LogP contribution is -2.47. The number of aromatic nitrogens is 1. The molecule has 0 bridgehead atoms. The largest absolute Gasteiger partial charge is 0.369 e. The van der Waals surface area contributed by atoms with Crippen LogP contribution in [0.15, 0.2) is 66.9 Å². The van der Waals surface area contributed by atoms with E-state index in [4.69, 9.17) is 0 Å². The van der Waals surface area contributed by atoms with Crippen LogP contribution in [0.3, 0.4) is 0 Å². The Kier molecular flexibility index (Phi) is 6.44. The van der Waals surface area contributed by atoms with Crippen molar-refractivity contribution in [2.24, 2.45) is 0 Å². The zero-order chi connectivity index (χ0) is 22.6. The van der Waals surface area contributed by atoms with Gasteiger partial charge < -0.3 is 14.4 Å². The van der Waals surface area contributed by atoms with E-state index in [1.807, 2.05) is 47.5 Å². The highest BCUT2D eigenvalue weighted by atomic mass is 19.1. The van der Waals surface area contributed by atoms with Gasteiger partial charge in [0.1, 0.15) is 5.82 Å². The summed E-state index contributed by atoms with van der Waals surface area (Å²) in [5.41, 5.74) is 4.18. The fourth-order valence-corrected chi connectivity index (χ4v) is 5.03. The van der Waals surface area contributed by atoms with Crippen LogP contribution in [-0.4, -0.2) is 66.1 Å². The summed E-state index contributed by atoms with van der Waals surface area (Å²) in [4.78, 5) is 20.1. The van der Waals surface area contributed by atoms with Crippen LogP contribution in [0.25, 0.3) is 5.69 Å². The molecule has 1 fully saturated rings. The normalized spacial score (nSPS) is 17.2. The lowest BCUT2D eigenvalue weighted by atomic mass is 10.1. The van der Waals surface area contributed by atoms with Crippen molar-refractivity contribution in [1.82, 2.24) is 14.4 Å². The van der Waals surface area contributed by atoms with Crippen molar-refractivity contribution in [3.8, 4) is 5.69 Å². The molecule has 0 atom stereocenters. The number of nitrogens with zero attached hydrogens (tertiary/aromatic N) is 4. The van der Waals surface area contributed by atoms with Crippen LogP contribution in [0.4, 0.5) is 10.1 Å². The van der Waals surface area contributed by atoms with Gasteiger partial charge in [-0.2, -0.15) is 0 Å². The van der Waals surface area contributed by atoms with Crippen LogP contribution in [0, 0.1) is 5.82 Å². The Morgan fingerprint density at radius 3 is 2.30 bits per heavy atom. The number of amides is 1. The van der Waals surface area contributed by atoms with Gasteiger partial charge in [-0.15, -0.1) is 0 Å². The molecule has 2 aliphatic heterocycles. The maximum absolute atomic E-state index is 13.3. The first-order chi connectivity index (χ1) is 16.2. The van der Waals surface area contributed by atoms with Crippen LogP contribution in [-0.2, 0) is 6.42 Å². The van der Waals surface area contributed by atoms with E-state index in [1.54, 1.807) is 0 Å². The number of anilines is 1. The third-order valence-electron chi connectivity index (χ3n) is 6.85. The summed E-state index contributed by atoms with van der Waals surface area (Å²) in [7, 11) is 0. The number of rotatable bonds is 6. The lowest BCUT2D eigenvalue weighted by molar-refractivity contribution is 0.0753. The molecule has 0 radical (unpaired) electrons. The van der Waals surface area contributed by atoms with E-state index in [2.05, 4.69) is 26.5 Å². The standard InChI is InChI=1S/C27H31FN4O/c28-22-9-11-23(12-10-22)30-20-18-29(19-21-30)14-5-16-31-15-4-8-26-25(27(31)33)13-17-32(26)24-6-2-1-3-7-24/h1-3,6-7,9-13,17H,4-5,8,14-16,18-21H2. The molecule has 3 aromatic rings. The molecule has 2 aliphatic rings. The highest BCUT2D eigenvalue weighted by Crippen LogP contribution is 2.24. The van der Waals surface area contributed by atoms with Gasteiger partial charge in [0.15, 0.2) is 0 Å². The van der Waals surface area contributed by atoms with Crippen molar-refractivity contribution >= 4 is 11.6 Å². The summed E-state index contributed by atoms with van der Waals surface area (Å²) >= 11 is 0. The molecule has 6 heteroatoms. The summed E-state index contributed by atoms with van der Waals surface area (Å²) in [6.45, 7) is 6.51. The molecule has 1 saturated heterocycles. The van der Waals surface area contributed by atoms with Crippen molar-refractivity contribution in [1.29, 1.82) is 0 Å². The van der Waals surface area contributed by atoms with Crippen LogP contribution in [0.5, 0.6) is 0 Å². The van der Waals surface area contributed by atoms with Gasteiger partial charge in [-0.05, 0) is 68.3 Å². The maximum atomic E-state index is 13.3. The Morgan fingerprint density at radius 2 is 1.55 bits per heavy atom. The topological polar surface area (TPSA) is 31.7 Å². The first-order valence-corrected chi connectivity index (χ1v) is 12.0.